The molecule has 9 unspecified atom stereocenters. The zero-order valence-corrected chi connectivity index (χ0v) is 26.0. The SMILES string of the molecule is CC1(C)OCC2(C(O)OC(=O)CCCCCCCC(=O)O)C1CC(=O)C1(C)C2CCC2(C)C(c3ccoc3)OC(=O)C3OC321. The van der Waals surface area contributed by atoms with Gasteiger partial charge in [-0.2, -0.15) is 0 Å². The van der Waals surface area contributed by atoms with E-state index < -0.39 is 75.7 Å². The number of carboxylic acid groups (broad SMARTS) is 1. The summed E-state index contributed by atoms with van der Waals surface area (Å²) >= 11 is 0. The number of aliphatic hydroxyl groups is 1. The molecule has 2 N–H and O–H groups in total. The number of ketones is 1. The van der Waals surface area contributed by atoms with Crippen molar-refractivity contribution in [3.63, 3.8) is 0 Å². The second-order valence-corrected chi connectivity index (χ2v) is 14.5. The van der Waals surface area contributed by atoms with Crippen LogP contribution in [-0.4, -0.2) is 64.1 Å². The minimum Gasteiger partial charge on any atom is -0.481 e. The average Bonchev–Trinajstić information content (AvgIpc) is 3.42. The van der Waals surface area contributed by atoms with E-state index in [9.17, 15) is 24.3 Å². The van der Waals surface area contributed by atoms with Gasteiger partial charge in [0.15, 0.2) is 6.10 Å². The van der Waals surface area contributed by atoms with Gasteiger partial charge in [0.1, 0.15) is 17.5 Å². The van der Waals surface area contributed by atoms with Gasteiger partial charge in [0.05, 0.1) is 35.6 Å². The quantitative estimate of drug-likeness (QED) is 0.156. The van der Waals surface area contributed by atoms with E-state index in [0.717, 1.165) is 19.3 Å². The van der Waals surface area contributed by atoms with Crippen LogP contribution in [0.4, 0.5) is 0 Å². The summed E-state index contributed by atoms with van der Waals surface area (Å²) in [6, 6.07) is 1.76. The molecule has 0 aromatic carbocycles. The number of carbonyl (C=O) groups is 4. The monoisotopic (exact) mass is 616 g/mol. The molecule has 0 bridgehead atoms. The molecule has 5 fully saturated rings. The molecule has 5 aliphatic rings. The number of aliphatic hydroxyl groups excluding tert-OH is 1. The molecule has 242 valence electrons. The first-order valence-corrected chi connectivity index (χ1v) is 15.9. The van der Waals surface area contributed by atoms with Crippen molar-refractivity contribution in [1.82, 2.24) is 0 Å². The van der Waals surface area contributed by atoms with Crippen LogP contribution >= 0.6 is 0 Å². The third kappa shape index (κ3) is 4.25. The van der Waals surface area contributed by atoms with Crippen LogP contribution in [-0.2, 0) is 38.1 Å². The topological polar surface area (TPSA) is 162 Å². The van der Waals surface area contributed by atoms with Gasteiger partial charge < -0.3 is 33.6 Å². The van der Waals surface area contributed by atoms with E-state index in [4.69, 9.17) is 28.5 Å². The zero-order valence-electron chi connectivity index (χ0n) is 26.0. The number of cyclic esters (lactones) is 1. The van der Waals surface area contributed by atoms with Gasteiger partial charge in [-0.25, -0.2) is 4.79 Å². The van der Waals surface area contributed by atoms with Crippen LogP contribution < -0.4 is 0 Å². The van der Waals surface area contributed by atoms with E-state index >= 15 is 0 Å². The molecular weight excluding hydrogens is 572 g/mol. The molecular formula is C33H44O11. The molecule has 9 atom stereocenters. The van der Waals surface area contributed by atoms with Crippen molar-refractivity contribution in [1.29, 1.82) is 0 Å². The standard InChI is InChI=1S/C33H44O11/c1-29(2)21-16-22(34)31(4)20(12-14-30(3)25(19-13-15-40-17-19)43-27(38)26-33(30,31)44-26)32(21,18-41-29)28(39)42-24(37)11-9-7-5-6-8-10-23(35)36/h13,15,17,20-21,25-26,28,39H,5-12,14,16,18H2,1-4H3,(H,35,36). The average molecular weight is 617 g/mol. The highest BCUT2D eigenvalue weighted by Crippen LogP contribution is 2.79. The van der Waals surface area contributed by atoms with Gasteiger partial charge >= 0.3 is 17.9 Å². The molecule has 4 heterocycles. The number of fused-ring (bicyclic) bond motifs is 3. The van der Waals surface area contributed by atoms with Gasteiger partial charge in [-0.3, -0.25) is 14.4 Å². The number of unbranched alkanes of at least 4 members (excludes halogenated alkanes) is 4. The van der Waals surface area contributed by atoms with Crippen molar-refractivity contribution in [2.75, 3.05) is 6.61 Å². The first kappa shape index (κ1) is 31.2. The fourth-order valence-electron chi connectivity index (χ4n) is 9.79. The summed E-state index contributed by atoms with van der Waals surface area (Å²) < 4.78 is 29.7. The second kappa shape index (κ2) is 10.7. The van der Waals surface area contributed by atoms with Crippen LogP contribution in [0.3, 0.4) is 0 Å². The summed E-state index contributed by atoms with van der Waals surface area (Å²) in [5.41, 5.74) is -4.23. The number of rotatable bonds is 11. The van der Waals surface area contributed by atoms with Crippen molar-refractivity contribution in [3.8, 4) is 0 Å². The summed E-state index contributed by atoms with van der Waals surface area (Å²) in [5, 5.41) is 20.7. The Morgan fingerprint density at radius 2 is 1.73 bits per heavy atom. The number of carboxylic acids is 1. The fourth-order valence-corrected chi connectivity index (χ4v) is 9.79. The molecule has 0 amide bonds. The smallest absolute Gasteiger partial charge is 0.339 e. The van der Waals surface area contributed by atoms with Crippen LogP contribution in [0.2, 0.25) is 0 Å². The lowest BCUT2D eigenvalue weighted by Crippen LogP contribution is -2.72. The van der Waals surface area contributed by atoms with Crippen LogP contribution in [0.5, 0.6) is 0 Å². The molecule has 11 nitrogen and oxygen atoms in total. The highest BCUT2D eigenvalue weighted by molar-refractivity contribution is 5.93. The Labute approximate surface area is 256 Å². The van der Waals surface area contributed by atoms with E-state index in [2.05, 4.69) is 0 Å². The molecule has 1 spiro atoms. The van der Waals surface area contributed by atoms with Gasteiger partial charge in [-0.1, -0.05) is 26.2 Å². The van der Waals surface area contributed by atoms with Crippen molar-refractivity contribution in [2.24, 2.45) is 28.1 Å². The Kier molecular flexibility index (Phi) is 7.57. The number of ether oxygens (including phenoxy) is 4. The van der Waals surface area contributed by atoms with Gasteiger partial charge in [-0.15, -0.1) is 0 Å². The number of carbonyl (C=O) groups excluding carboxylic acids is 3. The van der Waals surface area contributed by atoms with Crippen LogP contribution in [0.1, 0.15) is 104 Å². The number of epoxide rings is 1. The molecule has 2 saturated carbocycles. The van der Waals surface area contributed by atoms with Crippen LogP contribution in [0.25, 0.3) is 0 Å². The van der Waals surface area contributed by atoms with Gasteiger partial charge in [0.2, 0.25) is 6.29 Å². The van der Waals surface area contributed by atoms with E-state index in [-0.39, 0.29) is 31.7 Å². The lowest BCUT2D eigenvalue weighted by molar-refractivity contribution is -0.256. The van der Waals surface area contributed by atoms with Crippen molar-refractivity contribution in [3.05, 3.63) is 24.2 Å². The highest BCUT2D eigenvalue weighted by atomic mass is 16.7. The molecule has 1 aromatic heterocycles. The minimum atomic E-state index is -1.52. The largest absolute Gasteiger partial charge is 0.481 e. The number of furan rings is 1. The Bertz CT molecular complexity index is 1320. The van der Waals surface area contributed by atoms with Gasteiger partial charge in [0, 0.05) is 36.2 Å². The predicted molar refractivity (Wildman–Crippen MR) is 152 cm³/mol. The Hall–Kier alpha value is -2.76. The van der Waals surface area contributed by atoms with E-state index in [1.807, 2.05) is 27.7 Å². The summed E-state index contributed by atoms with van der Waals surface area (Å²) in [5.74, 6) is -2.81. The van der Waals surface area contributed by atoms with Gasteiger partial charge in [-0.05, 0) is 58.4 Å². The molecule has 0 radical (unpaired) electrons. The summed E-state index contributed by atoms with van der Waals surface area (Å²) in [4.78, 5) is 51.5. The van der Waals surface area contributed by atoms with Crippen molar-refractivity contribution < 1.29 is 52.8 Å². The zero-order chi connectivity index (χ0) is 31.7. The van der Waals surface area contributed by atoms with Crippen molar-refractivity contribution >= 4 is 23.7 Å². The molecule has 1 aromatic rings. The Morgan fingerprint density at radius 3 is 2.41 bits per heavy atom. The third-order valence-corrected chi connectivity index (χ3v) is 12.0. The molecule has 11 heteroatoms. The third-order valence-electron chi connectivity index (χ3n) is 12.0. The first-order chi connectivity index (χ1) is 20.8. The molecule has 3 saturated heterocycles. The maximum atomic E-state index is 14.5. The normalized spacial score (nSPS) is 40.6. The number of esters is 2. The summed E-state index contributed by atoms with van der Waals surface area (Å²) in [7, 11) is 0. The van der Waals surface area contributed by atoms with E-state index in [0.29, 0.717) is 31.2 Å². The van der Waals surface area contributed by atoms with Crippen molar-refractivity contribution in [2.45, 2.75) is 122 Å². The lowest BCUT2D eigenvalue weighted by atomic mass is 9.38. The van der Waals surface area contributed by atoms with E-state index in [1.54, 1.807) is 12.3 Å². The maximum Gasteiger partial charge on any atom is 0.339 e. The summed E-state index contributed by atoms with van der Waals surface area (Å²) in [6.45, 7) is 7.79. The first-order valence-electron chi connectivity index (χ1n) is 15.9. The number of hydrogen-bond acceptors (Lipinski definition) is 10. The second-order valence-electron chi connectivity index (χ2n) is 14.5. The van der Waals surface area contributed by atoms with Gasteiger partial charge in [0.25, 0.3) is 0 Å². The highest BCUT2D eigenvalue weighted by Gasteiger charge is 2.89. The minimum absolute atomic E-state index is 0.0443. The summed E-state index contributed by atoms with van der Waals surface area (Å²) in [6.07, 6.45) is 4.85. The Morgan fingerprint density at radius 1 is 1.02 bits per heavy atom. The molecule has 3 aliphatic heterocycles. The van der Waals surface area contributed by atoms with Crippen LogP contribution in [0.15, 0.2) is 23.0 Å². The number of Topliss-reactive ketones (excluding diaryl/α,β-unsaturated/α-hetero) is 1. The fraction of sp³-hybridized carbons (Fsp3) is 0.758. The molecule has 6 rings (SSSR count). The predicted octanol–water partition coefficient (Wildman–Crippen LogP) is 4.50. The number of hydrogen-bond donors (Lipinski definition) is 2. The lowest BCUT2D eigenvalue weighted by Gasteiger charge is -2.64. The Balaban J connectivity index is 1.26. The molecule has 44 heavy (non-hydrogen) atoms. The van der Waals surface area contributed by atoms with Crippen LogP contribution in [0, 0.1) is 28.1 Å². The van der Waals surface area contributed by atoms with E-state index in [1.165, 1.54) is 6.26 Å². The number of aliphatic carboxylic acids is 1. The molecule has 2 aliphatic carbocycles. The maximum absolute atomic E-state index is 14.5.